The first kappa shape index (κ1) is 9.28. The van der Waals surface area contributed by atoms with E-state index < -0.39 is 0 Å². The molecule has 0 aromatic carbocycles. The molecule has 0 amide bonds. The van der Waals surface area contributed by atoms with E-state index in [1.807, 2.05) is 26.1 Å². The first-order chi connectivity index (χ1) is 4.93. The van der Waals surface area contributed by atoms with Crippen LogP contribution in [0.15, 0.2) is 18.3 Å². The first-order valence-electron chi connectivity index (χ1n) is 4.05. The molecule has 1 heterocycles. The maximum Gasteiger partial charge on any atom is 0.0147 e. The Labute approximate surface area is 63.5 Å². The van der Waals surface area contributed by atoms with Gasteiger partial charge in [-0.05, 0) is 18.6 Å². The number of rotatable bonds is 2. The summed E-state index contributed by atoms with van der Waals surface area (Å²) >= 11 is 0. The Bertz CT molecular complexity index is 130. The van der Waals surface area contributed by atoms with Crippen molar-refractivity contribution in [3.8, 4) is 0 Å². The summed E-state index contributed by atoms with van der Waals surface area (Å²) in [7, 11) is 0. The highest BCUT2D eigenvalue weighted by molar-refractivity contribution is 5.02. The molecular weight excluding hydrogens is 122 g/mol. The van der Waals surface area contributed by atoms with Gasteiger partial charge in [-0.15, -0.1) is 0 Å². The molecule has 0 spiro atoms. The standard InChI is InChI=1S/C7H11N.C2H6/c1-2-4-7-5-3-6-8-7;1-2/h3,5-6,8H,2,4H2,1H3;1-2H3. The second-order valence-electron chi connectivity index (χ2n) is 1.95. The molecule has 1 rings (SSSR count). The number of aryl methyl sites for hydroxylation is 1. The van der Waals surface area contributed by atoms with Gasteiger partial charge in [0.05, 0.1) is 0 Å². The van der Waals surface area contributed by atoms with Crippen LogP contribution < -0.4 is 0 Å². The van der Waals surface area contributed by atoms with Crippen LogP contribution in [0.3, 0.4) is 0 Å². The van der Waals surface area contributed by atoms with Crippen LogP contribution >= 0.6 is 0 Å². The van der Waals surface area contributed by atoms with Gasteiger partial charge >= 0.3 is 0 Å². The van der Waals surface area contributed by atoms with Crippen LogP contribution in [-0.4, -0.2) is 4.98 Å². The van der Waals surface area contributed by atoms with E-state index in [2.05, 4.69) is 18.0 Å². The number of hydrogen-bond acceptors (Lipinski definition) is 0. The van der Waals surface area contributed by atoms with E-state index in [0.717, 1.165) is 0 Å². The maximum absolute atomic E-state index is 3.14. The second-order valence-corrected chi connectivity index (χ2v) is 1.95. The van der Waals surface area contributed by atoms with E-state index in [9.17, 15) is 0 Å². The van der Waals surface area contributed by atoms with E-state index in [4.69, 9.17) is 0 Å². The Balaban J connectivity index is 0.000000371. The Morgan fingerprint density at radius 3 is 2.50 bits per heavy atom. The zero-order valence-corrected chi connectivity index (χ0v) is 7.15. The summed E-state index contributed by atoms with van der Waals surface area (Å²) < 4.78 is 0. The third kappa shape index (κ3) is 3.33. The van der Waals surface area contributed by atoms with Crippen LogP contribution in [0.4, 0.5) is 0 Å². The lowest BCUT2D eigenvalue weighted by Crippen LogP contribution is -1.78. The Morgan fingerprint density at radius 2 is 2.10 bits per heavy atom. The van der Waals surface area contributed by atoms with E-state index in [1.165, 1.54) is 18.5 Å². The predicted molar refractivity (Wildman–Crippen MR) is 46.1 cm³/mol. The molecule has 0 fully saturated rings. The summed E-state index contributed by atoms with van der Waals surface area (Å²) in [5.41, 5.74) is 1.34. The van der Waals surface area contributed by atoms with Gasteiger partial charge in [0.1, 0.15) is 0 Å². The smallest absolute Gasteiger partial charge is 0.0147 e. The molecule has 0 radical (unpaired) electrons. The molecule has 0 bridgehead atoms. The van der Waals surface area contributed by atoms with Gasteiger partial charge < -0.3 is 4.98 Å². The molecule has 0 atom stereocenters. The van der Waals surface area contributed by atoms with Crippen molar-refractivity contribution >= 4 is 0 Å². The lowest BCUT2D eigenvalue weighted by atomic mass is 10.3. The fourth-order valence-electron chi connectivity index (χ4n) is 0.792. The molecule has 0 saturated carbocycles. The lowest BCUT2D eigenvalue weighted by Gasteiger charge is -1.87. The fourth-order valence-corrected chi connectivity index (χ4v) is 0.792. The Hall–Kier alpha value is -0.720. The minimum atomic E-state index is 1.17. The first-order valence-corrected chi connectivity index (χ1v) is 4.05. The van der Waals surface area contributed by atoms with E-state index in [-0.39, 0.29) is 0 Å². The number of aromatic nitrogens is 1. The van der Waals surface area contributed by atoms with Crippen molar-refractivity contribution in [2.24, 2.45) is 0 Å². The Morgan fingerprint density at radius 1 is 1.40 bits per heavy atom. The Kier molecular flexibility index (Phi) is 5.94. The van der Waals surface area contributed by atoms with Crippen molar-refractivity contribution in [1.82, 2.24) is 4.98 Å². The van der Waals surface area contributed by atoms with Crippen molar-refractivity contribution in [3.63, 3.8) is 0 Å². The van der Waals surface area contributed by atoms with Crippen LogP contribution in [0.2, 0.25) is 0 Å². The SMILES string of the molecule is CC.CCCc1ccc[nH]1. The molecule has 0 unspecified atom stereocenters. The normalized spacial score (nSPS) is 8.30. The maximum atomic E-state index is 3.14. The monoisotopic (exact) mass is 139 g/mol. The predicted octanol–water partition coefficient (Wildman–Crippen LogP) is 2.99. The van der Waals surface area contributed by atoms with Gasteiger partial charge in [0.15, 0.2) is 0 Å². The number of H-pyrrole nitrogens is 1. The summed E-state index contributed by atoms with van der Waals surface area (Å²) in [6.45, 7) is 6.18. The number of hydrogen-bond donors (Lipinski definition) is 1. The molecule has 1 N–H and O–H groups in total. The van der Waals surface area contributed by atoms with Gasteiger partial charge in [-0.2, -0.15) is 0 Å². The molecule has 10 heavy (non-hydrogen) atoms. The third-order valence-electron chi connectivity index (χ3n) is 1.18. The summed E-state index contributed by atoms with van der Waals surface area (Å²) in [5.74, 6) is 0. The van der Waals surface area contributed by atoms with Gasteiger partial charge in [-0.25, -0.2) is 0 Å². The molecular formula is C9H17N. The minimum Gasteiger partial charge on any atom is -0.365 e. The third-order valence-corrected chi connectivity index (χ3v) is 1.18. The van der Waals surface area contributed by atoms with Crippen LogP contribution in [-0.2, 0) is 6.42 Å². The molecule has 1 aromatic rings. The topological polar surface area (TPSA) is 15.8 Å². The molecule has 1 nitrogen and oxygen atoms in total. The van der Waals surface area contributed by atoms with Gasteiger partial charge in [-0.1, -0.05) is 27.2 Å². The van der Waals surface area contributed by atoms with Crippen molar-refractivity contribution in [3.05, 3.63) is 24.0 Å². The van der Waals surface area contributed by atoms with E-state index in [1.54, 1.807) is 0 Å². The van der Waals surface area contributed by atoms with Crippen molar-refractivity contribution < 1.29 is 0 Å². The fraction of sp³-hybridized carbons (Fsp3) is 0.556. The van der Waals surface area contributed by atoms with Gasteiger partial charge in [0.25, 0.3) is 0 Å². The lowest BCUT2D eigenvalue weighted by molar-refractivity contribution is 0.892. The number of nitrogens with one attached hydrogen (secondary N) is 1. The summed E-state index contributed by atoms with van der Waals surface area (Å²) in [5, 5.41) is 0. The van der Waals surface area contributed by atoms with Crippen LogP contribution in [0.25, 0.3) is 0 Å². The molecule has 0 aliphatic carbocycles. The van der Waals surface area contributed by atoms with Crippen LogP contribution in [0.5, 0.6) is 0 Å². The van der Waals surface area contributed by atoms with Gasteiger partial charge in [0, 0.05) is 11.9 Å². The van der Waals surface area contributed by atoms with Crippen LogP contribution in [0, 0.1) is 0 Å². The summed E-state index contributed by atoms with van der Waals surface area (Å²) in [6, 6.07) is 4.15. The van der Waals surface area contributed by atoms with Crippen molar-refractivity contribution in [1.29, 1.82) is 0 Å². The summed E-state index contributed by atoms with van der Waals surface area (Å²) in [6.07, 6.45) is 4.36. The highest BCUT2D eigenvalue weighted by Gasteiger charge is 1.85. The zero-order valence-electron chi connectivity index (χ0n) is 7.15. The minimum absolute atomic E-state index is 1.17. The molecule has 0 saturated heterocycles. The molecule has 0 aliphatic heterocycles. The molecule has 1 heteroatoms. The second kappa shape index (κ2) is 6.40. The van der Waals surface area contributed by atoms with Gasteiger partial charge in [0.2, 0.25) is 0 Å². The van der Waals surface area contributed by atoms with Crippen LogP contribution in [0.1, 0.15) is 32.9 Å². The van der Waals surface area contributed by atoms with Crippen molar-refractivity contribution in [2.45, 2.75) is 33.6 Å². The quantitative estimate of drug-likeness (QED) is 0.648. The average molecular weight is 139 g/mol. The number of aromatic amines is 1. The molecule has 0 aliphatic rings. The van der Waals surface area contributed by atoms with Gasteiger partial charge in [-0.3, -0.25) is 0 Å². The zero-order chi connectivity index (χ0) is 7.82. The van der Waals surface area contributed by atoms with E-state index in [0.29, 0.717) is 0 Å². The summed E-state index contributed by atoms with van der Waals surface area (Å²) in [4.78, 5) is 3.14. The highest BCUT2D eigenvalue weighted by Crippen LogP contribution is 1.96. The average Bonchev–Trinajstić information content (AvgIpc) is 2.46. The molecule has 58 valence electrons. The van der Waals surface area contributed by atoms with Crippen molar-refractivity contribution in [2.75, 3.05) is 0 Å². The highest BCUT2D eigenvalue weighted by atomic mass is 14.7. The largest absolute Gasteiger partial charge is 0.365 e. The van der Waals surface area contributed by atoms with E-state index >= 15 is 0 Å². The molecule has 1 aromatic heterocycles.